The number of nitrogens with one attached hydrogen (secondary N) is 2. The van der Waals surface area contributed by atoms with E-state index in [1.165, 1.54) is 6.07 Å². The van der Waals surface area contributed by atoms with Gasteiger partial charge in [0.2, 0.25) is 0 Å². The summed E-state index contributed by atoms with van der Waals surface area (Å²) in [5.41, 5.74) is 1.74. The van der Waals surface area contributed by atoms with Crippen LogP contribution in [-0.2, 0) is 7.05 Å². The Balaban J connectivity index is 1.41. The second-order valence-electron chi connectivity index (χ2n) is 6.51. The lowest BCUT2D eigenvalue weighted by molar-refractivity contribution is 0.249. The number of fused-ring (bicyclic) bond motifs is 1. The third-order valence-corrected chi connectivity index (χ3v) is 4.71. The van der Waals surface area contributed by atoms with Crippen molar-refractivity contribution in [2.75, 3.05) is 23.3 Å². The Bertz CT molecular complexity index is 954. The molecule has 2 N–H and O–H groups in total. The van der Waals surface area contributed by atoms with Crippen LogP contribution in [-0.4, -0.2) is 34.7 Å². The molecule has 1 aliphatic heterocycles. The molecule has 0 aliphatic carbocycles. The maximum absolute atomic E-state index is 13.9. The molecule has 26 heavy (non-hydrogen) atoms. The van der Waals surface area contributed by atoms with Crippen molar-refractivity contribution in [2.45, 2.75) is 12.5 Å². The Labute approximate surface area is 150 Å². The fraction of sp³-hybridized carbons (Fsp3) is 0.263. The highest BCUT2D eigenvalue weighted by Crippen LogP contribution is 2.24. The van der Waals surface area contributed by atoms with E-state index in [1.54, 1.807) is 12.3 Å². The van der Waals surface area contributed by atoms with Crippen LogP contribution in [0.1, 0.15) is 6.42 Å². The lowest BCUT2D eigenvalue weighted by Crippen LogP contribution is -2.40. The van der Waals surface area contributed by atoms with Crippen LogP contribution >= 0.6 is 0 Å². The van der Waals surface area contributed by atoms with Crippen molar-refractivity contribution >= 4 is 28.4 Å². The molecule has 1 fully saturated rings. The Kier molecular flexibility index (Phi) is 4.20. The monoisotopic (exact) mass is 353 g/mol. The summed E-state index contributed by atoms with van der Waals surface area (Å²) in [6, 6.07) is 10.5. The fourth-order valence-corrected chi connectivity index (χ4v) is 3.48. The van der Waals surface area contributed by atoms with E-state index in [-0.39, 0.29) is 17.9 Å². The van der Waals surface area contributed by atoms with E-state index < -0.39 is 0 Å². The smallest absolute Gasteiger partial charge is 0.319 e. The molecule has 1 aliphatic rings. The zero-order valence-electron chi connectivity index (χ0n) is 14.4. The highest BCUT2D eigenvalue weighted by atomic mass is 19.1. The lowest BCUT2D eigenvalue weighted by atomic mass is 10.2. The molecule has 2 amide bonds. The van der Waals surface area contributed by atoms with Crippen molar-refractivity contribution in [2.24, 2.45) is 7.05 Å². The molecule has 1 saturated heterocycles. The number of hydrogen-bond donors (Lipinski definition) is 2. The second-order valence-corrected chi connectivity index (χ2v) is 6.51. The zero-order valence-corrected chi connectivity index (χ0v) is 14.4. The number of hydrogen-bond acceptors (Lipinski definition) is 3. The molecule has 1 unspecified atom stereocenters. The molecule has 6 nitrogen and oxygen atoms in total. The van der Waals surface area contributed by atoms with Crippen LogP contribution in [0.5, 0.6) is 0 Å². The molecule has 2 aromatic heterocycles. The normalized spacial score (nSPS) is 16.8. The number of aryl methyl sites for hydroxylation is 1. The zero-order chi connectivity index (χ0) is 18.1. The first-order valence-corrected chi connectivity index (χ1v) is 8.59. The average Bonchev–Trinajstić information content (AvgIpc) is 3.23. The number of anilines is 2. The molecular formula is C19H20FN5O. The Morgan fingerprint density at radius 1 is 1.27 bits per heavy atom. The quantitative estimate of drug-likeness (QED) is 0.761. The van der Waals surface area contributed by atoms with Crippen molar-refractivity contribution in [1.82, 2.24) is 14.9 Å². The minimum atomic E-state index is -0.340. The van der Waals surface area contributed by atoms with Gasteiger partial charge in [0.25, 0.3) is 0 Å². The highest BCUT2D eigenvalue weighted by Gasteiger charge is 2.26. The van der Waals surface area contributed by atoms with Gasteiger partial charge < -0.3 is 20.1 Å². The van der Waals surface area contributed by atoms with Crippen LogP contribution in [0.3, 0.4) is 0 Å². The number of rotatable bonds is 3. The van der Waals surface area contributed by atoms with Gasteiger partial charge in [0, 0.05) is 44.0 Å². The molecule has 0 radical (unpaired) electrons. The van der Waals surface area contributed by atoms with Crippen LogP contribution in [0.2, 0.25) is 0 Å². The van der Waals surface area contributed by atoms with Crippen LogP contribution in [0, 0.1) is 5.82 Å². The number of para-hydroxylation sites is 1. The average molecular weight is 353 g/mol. The number of nitrogens with zero attached hydrogens (tertiary/aromatic N) is 3. The Morgan fingerprint density at radius 3 is 3.00 bits per heavy atom. The minimum absolute atomic E-state index is 0.0518. The van der Waals surface area contributed by atoms with Gasteiger partial charge in [-0.15, -0.1) is 0 Å². The lowest BCUT2D eigenvalue weighted by Gasteiger charge is -2.18. The van der Waals surface area contributed by atoms with Crippen LogP contribution in [0.15, 0.2) is 48.8 Å². The first-order chi connectivity index (χ1) is 12.6. The van der Waals surface area contributed by atoms with E-state index in [4.69, 9.17) is 0 Å². The molecule has 0 bridgehead atoms. The van der Waals surface area contributed by atoms with Gasteiger partial charge in [-0.25, -0.2) is 14.2 Å². The molecule has 1 atom stereocenters. The number of pyridine rings is 1. The molecular weight excluding hydrogens is 333 g/mol. The highest BCUT2D eigenvalue weighted by molar-refractivity contribution is 6.00. The van der Waals surface area contributed by atoms with Crippen molar-refractivity contribution in [1.29, 1.82) is 0 Å². The maximum Gasteiger partial charge on any atom is 0.319 e. The molecule has 0 spiro atoms. The van der Waals surface area contributed by atoms with Gasteiger partial charge in [0.05, 0.1) is 11.2 Å². The summed E-state index contributed by atoms with van der Waals surface area (Å²) < 4.78 is 15.8. The first-order valence-electron chi connectivity index (χ1n) is 8.59. The minimum Gasteiger partial charge on any atom is -0.352 e. The predicted octanol–water partition coefficient (Wildman–Crippen LogP) is 3.11. The summed E-state index contributed by atoms with van der Waals surface area (Å²) in [5, 5.41) is 6.97. The van der Waals surface area contributed by atoms with Crippen molar-refractivity contribution < 1.29 is 9.18 Å². The molecule has 4 rings (SSSR count). The summed E-state index contributed by atoms with van der Waals surface area (Å²) in [6.45, 7) is 1.20. The molecule has 0 saturated carbocycles. The topological polar surface area (TPSA) is 62.2 Å². The molecule has 3 heterocycles. The summed E-state index contributed by atoms with van der Waals surface area (Å²) in [4.78, 5) is 18.4. The predicted molar refractivity (Wildman–Crippen MR) is 99.9 cm³/mol. The maximum atomic E-state index is 13.9. The van der Waals surface area contributed by atoms with Crippen molar-refractivity contribution in [3.63, 3.8) is 0 Å². The van der Waals surface area contributed by atoms with Gasteiger partial charge in [-0.3, -0.25) is 0 Å². The third kappa shape index (κ3) is 3.08. The second kappa shape index (κ2) is 6.67. The number of carbonyl (C=O) groups excluding carboxylic acids is 1. The number of urea groups is 1. The first kappa shape index (κ1) is 16.4. The Morgan fingerprint density at radius 2 is 2.15 bits per heavy atom. The van der Waals surface area contributed by atoms with Gasteiger partial charge in [-0.05, 0) is 30.7 Å². The number of carbonyl (C=O) groups is 1. The van der Waals surface area contributed by atoms with Crippen LogP contribution in [0.4, 0.5) is 20.7 Å². The van der Waals surface area contributed by atoms with Crippen LogP contribution in [0.25, 0.3) is 10.9 Å². The number of halogens is 1. The fourth-order valence-electron chi connectivity index (χ4n) is 3.48. The van der Waals surface area contributed by atoms with E-state index in [1.807, 2.05) is 47.0 Å². The van der Waals surface area contributed by atoms with E-state index in [0.717, 1.165) is 23.0 Å². The van der Waals surface area contributed by atoms with Gasteiger partial charge in [-0.1, -0.05) is 12.1 Å². The molecule has 7 heteroatoms. The SMILES string of the molecule is Cn1ccc2cccc(NC(=O)NC3CCN(c4ncccc4F)C3)c21. The van der Waals surface area contributed by atoms with Crippen molar-refractivity contribution in [3.8, 4) is 0 Å². The Hall–Kier alpha value is -3.09. The van der Waals surface area contributed by atoms with Gasteiger partial charge in [0.1, 0.15) is 0 Å². The summed E-state index contributed by atoms with van der Waals surface area (Å²) in [5.74, 6) is -0.00114. The van der Waals surface area contributed by atoms with E-state index in [0.29, 0.717) is 18.9 Å². The van der Waals surface area contributed by atoms with E-state index >= 15 is 0 Å². The third-order valence-electron chi connectivity index (χ3n) is 4.71. The number of amides is 2. The summed E-state index contributed by atoms with van der Waals surface area (Å²) >= 11 is 0. The van der Waals surface area contributed by atoms with E-state index in [9.17, 15) is 9.18 Å². The van der Waals surface area contributed by atoms with Crippen molar-refractivity contribution in [3.05, 3.63) is 54.6 Å². The van der Waals surface area contributed by atoms with E-state index in [2.05, 4.69) is 15.6 Å². The molecule has 1 aromatic carbocycles. The molecule has 3 aromatic rings. The summed E-state index contributed by atoms with van der Waals surface area (Å²) in [6.07, 6.45) is 4.29. The molecule has 134 valence electrons. The van der Waals surface area contributed by atoms with Gasteiger partial charge in [-0.2, -0.15) is 0 Å². The number of benzene rings is 1. The summed E-state index contributed by atoms with van der Waals surface area (Å²) in [7, 11) is 1.95. The van der Waals surface area contributed by atoms with Gasteiger partial charge in [0.15, 0.2) is 11.6 Å². The van der Waals surface area contributed by atoms with Crippen LogP contribution < -0.4 is 15.5 Å². The largest absolute Gasteiger partial charge is 0.352 e. The number of aromatic nitrogens is 2. The standard InChI is InChI=1S/C19H20FN5O/c1-24-10-7-13-4-2-6-16(17(13)24)23-19(26)22-14-8-11-25(12-14)18-15(20)5-3-9-21-18/h2-7,9-10,14H,8,11-12H2,1H3,(H2,22,23,26). The van der Waals surface area contributed by atoms with Gasteiger partial charge >= 0.3 is 6.03 Å².